The molecular weight excluding hydrogens is 432 g/mol. The van der Waals surface area contributed by atoms with Gasteiger partial charge < -0.3 is 14.4 Å². The molecule has 7 heteroatoms. The van der Waals surface area contributed by atoms with Crippen LogP contribution in [0, 0.1) is 0 Å². The predicted molar refractivity (Wildman–Crippen MR) is 123 cm³/mol. The topological polar surface area (TPSA) is 51.7 Å². The average Bonchev–Trinajstić information content (AvgIpc) is 3.24. The van der Waals surface area contributed by atoms with Crippen LogP contribution in [0.5, 0.6) is 5.19 Å². The molecule has 0 atom stereocenters. The van der Waals surface area contributed by atoms with Gasteiger partial charge in [-0.15, -0.1) is 0 Å². The second-order valence-corrected chi connectivity index (χ2v) is 9.64. The number of hydrogen-bond acceptors (Lipinski definition) is 5. The number of carbonyl (C=O) groups is 1. The monoisotopic (exact) mass is 456 g/mol. The Hall–Kier alpha value is -2.15. The number of nitrogens with zero attached hydrogens (tertiary/aromatic N) is 2. The summed E-state index contributed by atoms with van der Waals surface area (Å²) in [5.74, 6) is 0.229. The molecule has 0 radical (unpaired) electrons. The number of aromatic nitrogens is 1. The molecule has 31 heavy (non-hydrogen) atoms. The molecular formula is C24H25ClN2O3S. The van der Waals surface area contributed by atoms with Crippen molar-refractivity contribution < 1.29 is 14.3 Å². The molecule has 0 N–H and O–H groups in total. The quantitative estimate of drug-likeness (QED) is 0.550. The molecule has 2 aliphatic rings. The van der Waals surface area contributed by atoms with Crippen molar-refractivity contribution in [1.29, 1.82) is 0 Å². The Morgan fingerprint density at radius 3 is 2.55 bits per heavy atom. The highest BCUT2D eigenvalue weighted by molar-refractivity contribution is 7.20. The summed E-state index contributed by atoms with van der Waals surface area (Å²) in [5.41, 5.74) is 1.42. The van der Waals surface area contributed by atoms with Crippen LogP contribution in [-0.4, -0.2) is 48.2 Å². The fourth-order valence-electron chi connectivity index (χ4n) is 4.67. The van der Waals surface area contributed by atoms with Crippen LogP contribution in [0.25, 0.3) is 10.2 Å². The van der Waals surface area contributed by atoms with Crippen LogP contribution in [0.15, 0.2) is 48.5 Å². The Bertz CT molecular complexity index is 1060. The third-order valence-corrected chi connectivity index (χ3v) is 7.65. The van der Waals surface area contributed by atoms with Gasteiger partial charge in [-0.1, -0.05) is 59.3 Å². The first-order chi connectivity index (χ1) is 15.2. The van der Waals surface area contributed by atoms with E-state index >= 15 is 0 Å². The van der Waals surface area contributed by atoms with Gasteiger partial charge in [-0.25, -0.2) is 4.98 Å². The zero-order valence-corrected chi connectivity index (χ0v) is 18.8. The van der Waals surface area contributed by atoms with Crippen molar-refractivity contribution in [3.05, 3.63) is 59.1 Å². The fraction of sp³-hybridized carbons (Fsp3) is 0.417. The van der Waals surface area contributed by atoms with Crippen molar-refractivity contribution in [1.82, 2.24) is 9.88 Å². The zero-order valence-electron chi connectivity index (χ0n) is 17.3. The van der Waals surface area contributed by atoms with Crippen LogP contribution in [0.3, 0.4) is 0 Å². The van der Waals surface area contributed by atoms with Gasteiger partial charge >= 0.3 is 0 Å². The third kappa shape index (κ3) is 4.04. The molecule has 5 nitrogen and oxygen atoms in total. The zero-order chi connectivity index (χ0) is 21.3. The summed E-state index contributed by atoms with van der Waals surface area (Å²) in [4.78, 5) is 20.3. The molecule has 3 aromatic rings. The van der Waals surface area contributed by atoms with E-state index in [9.17, 15) is 4.79 Å². The highest BCUT2D eigenvalue weighted by atomic mass is 35.5. The van der Waals surface area contributed by atoms with Crippen LogP contribution in [0.2, 0.25) is 5.02 Å². The summed E-state index contributed by atoms with van der Waals surface area (Å²) in [5, 5.41) is 1.30. The van der Waals surface area contributed by atoms with E-state index in [1.807, 2.05) is 41.3 Å². The van der Waals surface area contributed by atoms with Crippen LogP contribution in [0.4, 0.5) is 0 Å². The molecule has 2 aromatic carbocycles. The van der Waals surface area contributed by atoms with E-state index in [0.717, 1.165) is 41.5 Å². The summed E-state index contributed by atoms with van der Waals surface area (Å²) in [6, 6.07) is 16.0. The molecule has 2 saturated heterocycles. The molecule has 0 bridgehead atoms. The van der Waals surface area contributed by atoms with Crippen molar-refractivity contribution in [2.75, 3.05) is 26.3 Å². The summed E-state index contributed by atoms with van der Waals surface area (Å²) in [6.45, 7) is 2.65. The molecule has 2 aliphatic heterocycles. The van der Waals surface area contributed by atoms with Gasteiger partial charge in [0.05, 0.1) is 15.1 Å². The van der Waals surface area contributed by atoms with Crippen molar-refractivity contribution in [2.24, 2.45) is 0 Å². The number of para-hydroxylation sites is 1. The van der Waals surface area contributed by atoms with Gasteiger partial charge in [-0.3, -0.25) is 4.79 Å². The van der Waals surface area contributed by atoms with Crippen molar-refractivity contribution in [3.63, 3.8) is 0 Å². The molecule has 2 fully saturated rings. The van der Waals surface area contributed by atoms with Crippen LogP contribution in [-0.2, 0) is 14.9 Å². The maximum absolute atomic E-state index is 13.7. The number of rotatable bonds is 4. The summed E-state index contributed by atoms with van der Waals surface area (Å²) in [7, 11) is 0. The lowest BCUT2D eigenvalue weighted by molar-refractivity contribution is -0.143. The Kier molecular flexibility index (Phi) is 5.87. The first kappa shape index (κ1) is 20.7. The van der Waals surface area contributed by atoms with Gasteiger partial charge in [0.15, 0.2) is 0 Å². The molecule has 0 spiro atoms. The maximum Gasteiger partial charge on any atom is 0.274 e. The van der Waals surface area contributed by atoms with E-state index in [2.05, 4.69) is 17.1 Å². The lowest BCUT2D eigenvalue weighted by atomic mass is 9.72. The first-order valence-electron chi connectivity index (χ1n) is 10.8. The number of piperidine rings is 1. The van der Waals surface area contributed by atoms with Crippen molar-refractivity contribution in [3.8, 4) is 5.19 Å². The Morgan fingerprint density at radius 2 is 1.84 bits per heavy atom. The van der Waals surface area contributed by atoms with Crippen LogP contribution < -0.4 is 4.74 Å². The Morgan fingerprint density at radius 1 is 1.10 bits per heavy atom. The highest BCUT2D eigenvalue weighted by Crippen LogP contribution is 2.38. The number of amides is 1. The average molecular weight is 457 g/mol. The van der Waals surface area contributed by atoms with Gasteiger partial charge in [0, 0.05) is 39.1 Å². The second-order valence-electron chi connectivity index (χ2n) is 8.24. The first-order valence-corrected chi connectivity index (χ1v) is 12.0. The molecule has 0 aliphatic carbocycles. The minimum absolute atomic E-state index is 0.0609. The number of benzene rings is 2. The largest absolute Gasteiger partial charge is 0.467 e. The minimum Gasteiger partial charge on any atom is -0.467 e. The summed E-state index contributed by atoms with van der Waals surface area (Å²) in [6.07, 6.45) is 3.14. The number of fused-ring (bicyclic) bond motifs is 1. The minimum atomic E-state index is -0.475. The number of ether oxygens (including phenoxy) is 2. The maximum atomic E-state index is 13.7. The van der Waals surface area contributed by atoms with Gasteiger partial charge in [0.2, 0.25) is 5.91 Å². The van der Waals surface area contributed by atoms with E-state index < -0.39 is 5.41 Å². The van der Waals surface area contributed by atoms with Crippen LogP contribution >= 0.6 is 22.9 Å². The van der Waals surface area contributed by atoms with E-state index in [1.165, 1.54) is 11.3 Å². The van der Waals surface area contributed by atoms with E-state index in [0.29, 0.717) is 36.5 Å². The van der Waals surface area contributed by atoms with Crippen molar-refractivity contribution in [2.45, 2.75) is 37.2 Å². The summed E-state index contributed by atoms with van der Waals surface area (Å²) < 4.78 is 12.8. The second kappa shape index (κ2) is 8.77. The van der Waals surface area contributed by atoms with E-state index in [4.69, 9.17) is 21.1 Å². The third-order valence-electron chi connectivity index (χ3n) is 6.43. The lowest BCUT2D eigenvalue weighted by Crippen LogP contribution is -2.53. The van der Waals surface area contributed by atoms with Crippen molar-refractivity contribution >= 4 is 39.1 Å². The summed E-state index contributed by atoms with van der Waals surface area (Å²) >= 11 is 7.76. The molecule has 0 saturated carbocycles. The van der Waals surface area contributed by atoms with Gasteiger partial charge in [-0.05, 0) is 30.5 Å². The molecule has 5 rings (SSSR count). The molecule has 3 heterocycles. The normalized spacial score (nSPS) is 19.5. The number of hydrogen-bond donors (Lipinski definition) is 0. The number of likely N-dealkylation sites (tertiary alicyclic amines) is 1. The smallest absolute Gasteiger partial charge is 0.274 e. The fourth-order valence-corrected chi connectivity index (χ4v) is 5.85. The lowest BCUT2D eigenvalue weighted by Gasteiger charge is -2.42. The van der Waals surface area contributed by atoms with Crippen LogP contribution in [0.1, 0.15) is 31.2 Å². The number of halogens is 1. The SMILES string of the molecule is O=C(N1CCC(Oc2nc3c(Cl)cccc3s2)CC1)C1(c2ccccc2)CCOCC1. The number of carbonyl (C=O) groups excluding carboxylic acids is 1. The molecule has 162 valence electrons. The van der Waals surface area contributed by atoms with E-state index in [-0.39, 0.29) is 12.0 Å². The molecule has 1 aromatic heterocycles. The number of thiazole rings is 1. The van der Waals surface area contributed by atoms with Gasteiger partial charge in [0.25, 0.3) is 5.19 Å². The highest BCUT2D eigenvalue weighted by Gasteiger charge is 2.44. The van der Waals surface area contributed by atoms with Gasteiger partial charge in [-0.2, -0.15) is 0 Å². The molecule has 1 amide bonds. The molecule has 0 unspecified atom stereocenters. The predicted octanol–water partition coefficient (Wildman–Crippen LogP) is 5.07. The van der Waals surface area contributed by atoms with E-state index in [1.54, 1.807) is 0 Å². The standard InChI is InChI=1S/C24H25ClN2O3S/c25-19-7-4-8-20-21(19)26-23(31-20)30-18-9-13-27(14-10-18)22(28)24(11-15-29-16-12-24)17-5-2-1-3-6-17/h1-8,18H,9-16H2. The van der Waals surface area contributed by atoms with Gasteiger partial charge in [0.1, 0.15) is 11.6 Å². The Labute approximate surface area is 190 Å². The Balaban J connectivity index is 1.27.